The van der Waals surface area contributed by atoms with Gasteiger partial charge < -0.3 is 15.8 Å². The van der Waals surface area contributed by atoms with Crippen LogP contribution in [0.5, 0.6) is 5.75 Å². The molecule has 1 unspecified atom stereocenters. The van der Waals surface area contributed by atoms with Crippen molar-refractivity contribution >= 4 is 28.5 Å². The number of amides is 1. The third-order valence-corrected chi connectivity index (χ3v) is 4.23. The molecular weight excluding hydrogens is 355 g/mol. The highest BCUT2D eigenvalue weighted by molar-refractivity contribution is 14.1. The molecule has 1 fully saturated rings. The molecule has 19 heavy (non-hydrogen) atoms. The maximum Gasteiger partial charge on any atom is 0.258 e. The van der Waals surface area contributed by atoms with Crippen LogP contribution in [-0.4, -0.2) is 24.6 Å². The van der Waals surface area contributed by atoms with E-state index < -0.39 is 0 Å². The Kier molecular flexibility index (Phi) is 4.67. The molecule has 1 aromatic rings. The van der Waals surface area contributed by atoms with Crippen LogP contribution >= 0.6 is 22.6 Å². The van der Waals surface area contributed by atoms with Crippen LogP contribution in [0.15, 0.2) is 24.3 Å². The number of nitrogens with two attached hydrogens (primary N) is 1. The minimum Gasteiger partial charge on any atom is -0.484 e. The van der Waals surface area contributed by atoms with Crippen molar-refractivity contribution in [1.82, 2.24) is 5.32 Å². The Labute approximate surface area is 127 Å². The number of rotatable bonds is 6. The molecule has 0 heterocycles. The number of benzene rings is 1. The van der Waals surface area contributed by atoms with E-state index >= 15 is 0 Å². The molecule has 1 aliphatic rings. The SMILES string of the molecule is CC(CN)(NC(=O)COc1ccc(I)cc1)C1CC1. The molecule has 0 spiro atoms. The molecule has 1 aromatic carbocycles. The molecule has 3 N–H and O–H groups in total. The van der Waals surface area contributed by atoms with E-state index in [1.54, 1.807) is 0 Å². The Hall–Kier alpha value is -0.820. The summed E-state index contributed by atoms with van der Waals surface area (Å²) in [5.74, 6) is 1.11. The standard InChI is InChI=1S/C14H19IN2O2/c1-14(9-16,10-2-3-10)17-13(18)8-19-12-6-4-11(15)5-7-12/h4-7,10H,2-3,8-9,16H2,1H3,(H,17,18). The van der Waals surface area contributed by atoms with Crippen LogP contribution in [0.25, 0.3) is 0 Å². The molecule has 0 saturated heterocycles. The first-order chi connectivity index (χ1) is 9.03. The van der Waals surface area contributed by atoms with Crippen LogP contribution in [-0.2, 0) is 4.79 Å². The fourth-order valence-corrected chi connectivity index (χ4v) is 2.43. The molecule has 1 amide bonds. The average molecular weight is 374 g/mol. The van der Waals surface area contributed by atoms with Crippen molar-refractivity contribution in [3.8, 4) is 5.75 Å². The summed E-state index contributed by atoms with van der Waals surface area (Å²) in [5.41, 5.74) is 5.48. The molecule has 1 saturated carbocycles. The Morgan fingerprint density at radius 1 is 1.47 bits per heavy atom. The number of nitrogens with one attached hydrogen (secondary N) is 1. The van der Waals surface area contributed by atoms with Crippen molar-refractivity contribution in [3.05, 3.63) is 27.8 Å². The largest absolute Gasteiger partial charge is 0.484 e. The van der Waals surface area contributed by atoms with E-state index in [9.17, 15) is 4.79 Å². The van der Waals surface area contributed by atoms with Gasteiger partial charge >= 0.3 is 0 Å². The molecule has 5 heteroatoms. The van der Waals surface area contributed by atoms with Crippen molar-refractivity contribution in [3.63, 3.8) is 0 Å². The maximum atomic E-state index is 11.9. The molecular formula is C14H19IN2O2. The van der Waals surface area contributed by atoms with Crippen LogP contribution in [0.4, 0.5) is 0 Å². The minimum absolute atomic E-state index is 0.0307. The second kappa shape index (κ2) is 6.09. The van der Waals surface area contributed by atoms with Gasteiger partial charge in [-0.25, -0.2) is 0 Å². The van der Waals surface area contributed by atoms with Gasteiger partial charge in [0.15, 0.2) is 6.61 Å². The number of carbonyl (C=O) groups is 1. The Bertz CT molecular complexity index is 445. The number of halogens is 1. The lowest BCUT2D eigenvalue weighted by molar-refractivity contribution is -0.125. The van der Waals surface area contributed by atoms with Gasteiger partial charge in [0.2, 0.25) is 0 Å². The molecule has 0 radical (unpaired) electrons. The third kappa shape index (κ3) is 4.07. The van der Waals surface area contributed by atoms with Crippen molar-refractivity contribution in [2.24, 2.45) is 11.7 Å². The monoisotopic (exact) mass is 374 g/mol. The van der Waals surface area contributed by atoms with E-state index in [0.717, 1.165) is 16.4 Å². The first-order valence-electron chi connectivity index (χ1n) is 6.43. The normalized spacial score (nSPS) is 17.6. The van der Waals surface area contributed by atoms with Crippen molar-refractivity contribution in [2.45, 2.75) is 25.3 Å². The zero-order valence-corrected chi connectivity index (χ0v) is 13.1. The molecule has 1 aliphatic carbocycles. The lowest BCUT2D eigenvalue weighted by atomic mass is 9.96. The lowest BCUT2D eigenvalue weighted by Gasteiger charge is -2.29. The van der Waals surface area contributed by atoms with Gasteiger partial charge in [-0.3, -0.25) is 4.79 Å². The van der Waals surface area contributed by atoms with Gasteiger partial charge in [-0.15, -0.1) is 0 Å². The average Bonchev–Trinajstić information content (AvgIpc) is 3.22. The highest BCUT2D eigenvalue weighted by Gasteiger charge is 2.41. The third-order valence-electron chi connectivity index (χ3n) is 3.51. The first kappa shape index (κ1) is 14.6. The molecule has 0 aliphatic heterocycles. The van der Waals surface area contributed by atoms with E-state index in [2.05, 4.69) is 27.9 Å². The topological polar surface area (TPSA) is 64.3 Å². The number of carbonyl (C=O) groups excluding carboxylic acids is 1. The Morgan fingerprint density at radius 3 is 2.63 bits per heavy atom. The molecule has 2 rings (SSSR count). The first-order valence-corrected chi connectivity index (χ1v) is 7.51. The zero-order valence-electron chi connectivity index (χ0n) is 11.0. The van der Waals surface area contributed by atoms with E-state index in [1.807, 2.05) is 31.2 Å². The fourth-order valence-electron chi connectivity index (χ4n) is 2.07. The van der Waals surface area contributed by atoms with Crippen LogP contribution in [0.3, 0.4) is 0 Å². The van der Waals surface area contributed by atoms with Gasteiger partial charge in [0, 0.05) is 10.1 Å². The summed E-state index contributed by atoms with van der Waals surface area (Å²) >= 11 is 2.23. The Morgan fingerprint density at radius 2 is 2.11 bits per heavy atom. The number of ether oxygens (including phenoxy) is 1. The second-order valence-corrected chi connectivity index (χ2v) is 6.43. The molecule has 0 bridgehead atoms. The molecule has 104 valence electrons. The number of hydrogen-bond donors (Lipinski definition) is 2. The van der Waals surface area contributed by atoms with Gasteiger partial charge in [0.1, 0.15) is 5.75 Å². The van der Waals surface area contributed by atoms with E-state index in [-0.39, 0.29) is 18.1 Å². The summed E-state index contributed by atoms with van der Waals surface area (Å²) in [6, 6.07) is 7.61. The highest BCUT2D eigenvalue weighted by Crippen LogP contribution is 2.38. The van der Waals surface area contributed by atoms with E-state index in [1.165, 1.54) is 0 Å². The summed E-state index contributed by atoms with van der Waals surface area (Å²) in [4.78, 5) is 11.9. The predicted molar refractivity (Wildman–Crippen MR) is 83.0 cm³/mol. The van der Waals surface area contributed by atoms with Gasteiger partial charge in [-0.2, -0.15) is 0 Å². The smallest absolute Gasteiger partial charge is 0.258 e. The quantitative estimate of drug-likeness (QED) is 0.748. The molecule has 0 aromatic heterocycles. The van der Waals surface area contributed by atoms with Crippen molar-refractivity contribution in [1.29, 1.82) is 0 Å². The van der Waals surface area contributed by atoms with E-state index in [4.69, 9.17) is 10.5 Å². The van der Waals surface area contributed by atoms with Crippen LogP contribution in [0, 0.1) is 9.49 Å². The fraction of sp³-hybridized carbons (Fsp3) is 0.500. The van der Waals surface area contributed by atoms with Crippen LogP contribution < -0.4 is 15.8 Å². The van der Waals surface area contributed by atoms with E-state index in [0.29, 0.717) is 18.2 Å². The zero-order chi connectivity index (χ0) is 13.9. The molecule has 1 atom stereocenters. The summed E-state index contributed by atoms with van der Waals surface area (Å²) < 4.78 is 6.59. The van der Waals surface area contributed by atoms with Gasteiger partial charge in [-0.1, -0.05) is 0 Å². The second-order valence-electron chi connectivity index (χ2n) is 5.19. The predicted octanol–water partition coefficient (Wildman–Crippen LogP) is 1.91. The number of hydrogen-bond acceptors (Lipinski definition) is 3. The van der Waals surface area contributed by atoms with Gasteiger partial charge in [0.25, 0.3) is 5.91 Å². The summed E-state index contributed by atoms with van der Waals surface area (Å²) in [7, 11) is 0. The maximum absolute atomic E-state index is 11.9. The van der Waals surface area contributed by atoms with Crippen LogP contribution in [0.1, 0.15) is 19.8 Å². The highest BCUT2D eigenvalue weighted by atomic mass is 127. The summed E-state index contributed by atoms with van der Waals surface area (Å²) in [5, 5.41) is 3.00. The van der Waals surface area contributed by atoms with Gasteiger partial charge in [-0.05, 0) is 72.5 Å². The lowest BCUT2D eigenvalue weighted by Crippen LogP contribution is -2.54. The minimum atomic E-state index is -0.285. The van der Waals surface area contributed by atoms with Crippen molar-refractivity contribution < 1.29 is 9.53 Å². The van der Waals surface area contributed by atoms with Crippen LogP contribution in [0.2, 0.25) is 0 Å². The van der Waals surface area contributed by atoms with Crippen molar-refractivity contribution in [2.75, 3.05) is 13.2 Å². The van der Waals surface area contributed by atoms with Gasteiger partial charge in [0.05, 0.1) is 5.54 Å². The summed E-state index contributed by atoms with van der Waals surface area (Å²) in [6.45, 7) is 2.50. The summed E-state index contributed by atoms with van der Waals surface area (Å²) in [6.07, 6.45) is 2.29. The Balaban J connectivity index is 1.82. The molecule has 4 nitrogen and oxygen atoms in total.